The molecule has 3 aromatic rings. The molecule has 0 atom stereocenters. The van der Waals surface area contributed by atoms with Gasteiger partial charge in [-0.1, -0.05) is 42.0 Å². The van der Waals surface area contributed by atoms with Crippen molar-refractivity contribution in [2.24, 2.45) is 0 Å². The van der Waals surface area contributed by atoms with Gasteiger partial charge in [-0.25, -0.2) is 0 Å². The zero-order chi connectivity index (χ0) is 16.4. The molecular formula is C19H16ClNOS. The first-order valence-electron chi connectivity index (χ1n) is 7.28. The zero-order valence-electron chi connectivity index (χ0n) is 12.9. The molecule has 4 heteroatoms. The lowest BCUT2D eigenvalue weighted by Crippen LogP contribution is -2.00. The standard InChI is InChI=1S/C19H16ClNOS/c1-12-5-3-4-6-17(12)21-14-8-9-15(16(20)11-14)19(23)18-10-7-13(2)22-18/h3-11,21H,1-2H3. The first-order chi connectivity index (χ1) is 11.0. The Balaban J connectivity index is 1.86. The van der Waals surface area contributed by atoms with E-state index in [1.165, 1.54) is 5.56 Å². The van der Waals surface area contributed by atoms with Crippen LogP contribution in [0.3, 0.4) is 0 Å². The fourth-order valence-electron chi connectivity index (χ4n) is 2.33. The second-order valence-electron chi connectivity index (χ2n) is 5.37. The highest BCUT2D eigenvalue weighted by molar-refractivity contribution is 7.81. The monoisotopic (exact) mass is 341 g/mol. The van der Waals surface area contributed by atoms with Crippen LogP contribution in [-0.2, 0) is 0 Å². The van der Waals surface area contributed by atoms with E-state index in [2.05, 4.69) is 18.3 Å². The van der Waals surface area contributed by atoms with Crippen molar-refractivity contribution in [1.29, 1.82) is 0 Å². The van der Waals surface area contributed by atoms with Gasteiger partial charge in [0.15, 0.2) is 0 Å². The van der Waals surface area contributed by atoms with Crippen LogP contribution in [0.5, 0.6) is 0 Å². The van der Waals surface area contributed by atoms with Gasteiger partial charge in [0.05, 0.1) is 9.89 Å². The van der Waals surface area contributed by atoms with Gasteiger partial charge in [-0.3, -0.25) is 0 Å². The molecule has 0 radical (unpaired) electrons. The SMILES string of the molecule is Cc1ccc(C(=S)c2ccc(Nc3ccccc3C)cc2Cl)o1. The van der Waals surface area contributed by atoms with Gasteiger partial charge < -0.3 is 9.73 Å². The van der Waals surface area contributed by atoms with E-state index in [0.717, 1.165) is 22.7 Å². The number of benzene rings is 2. The highest BCUT2D eigenvalue weighted by atomic mass is 35.5. The summed E-state index contributed by atoms with van der Waals surface area (Å²) in [6.45, 7) is 3.95. The summed E-state index contributed by atoms with van der Waals surface area (Å²) >= 11 is 11.9. The molecule has 116 valence electrons. The number of thiocarbonyl (C=S) groups is 1. The summed E-state index contributed by atoms with van der Waals surface area (Å²) in [6, 6.07) is 17.6. The van der Waals surface area contributed by atoms with Gasteiger partial charge in [0, 0.05) is 16.9 Å². The predicted octanol–water partition coefficient (Wildman–Crippen LogP) is 6.06. The Morgan fingerprint density at radius 3 is 2.48 bits per heavy atom. The smallest absolute Gasteiger partial charge is 0.145 e. The number of para-hydroxylation sites is 1. The molecule has 1 aromatic heterocycles. The number of aryl methyl sites for hydroxylation is 2. The summed E-state index contributed by atoms with van der Waals surface area (Å²) < 4.78 is 5.58. The first kappa shape index (κ1) is 15.8. The van der Waals surface area contributed by atoms with Crippen LogP contribution >= 0.6 is 23.8 Å². The molecular weight excluding hydrogens is 326 g/mol. The largest absolute Gasteiger partial charge is 0.460 e. The lowest BCUT2D eigenvalue weighted by atomic mass is 10.1. The van der Waals surface area contributed by atoms with E-state index in [9.17, 15) is 0 Å². The van der Waals surface area contributed by atoms with Crippen LogP contribution in [0, 0.1) is 13.8 Å². The molecule has 0 bridgehead atoms. The van der Waals surface area contributed by atoms with E-state index >= 15 is 0 Å². The van der Waals surface area contributed by atoms with E-state index < -0.39 is 0 Å². The van der Waals surface area contributed by atoms with Crippen LogP contribution in [-0.4, -0.2) is 4.86 Å². The lowest BCUT2D eigenvalue weighted by molar-refractivity contribution is 0.527. The van der Waals surface area contributed by atoms with Crippen LogP contribution in [0.25, 0.3) is 0 Å². The lowest BCUT2D eigenvalue weighted by Gasteiger charge is -2.11. The molecule has 0 saturated carbocycles. The fraction of sp³-hybridized carbons (Fsp3) is 0.105. The van der Waals surface area contributed by atoms with E-state index in [4.69, 9.17) is 28.2 Å². The van der Waals surface area contributed by atoms with Crippen LogP contribution in [0.15, 0.2) is 59.0 Å². The van der Waals surface area contributed by atoms with Gasteiger partial charge in [-0.15, -0.1) is 0 Å². The van der Waals surface area contributed by atoms with Crippen molar-refractivity contribution in [2.45, 2.75) is 13.8 Å². The Labute approximate surface area is 146 Å². The number of halogens is 1. The van der Waals surface area contributed by atoms with Gasteiger partial charge in [-0.05, 0) is 55.8 Å². The summed E-state index contributed by atoms with van der Waals surface area (Å²) in [5.41, 5.74) is 3.95. The fourth-order valence-corrected chi connectivity index (χ4v) is 2.95. The van der Waals surface area contributed by atoms with Crippen molar-refractivity contribution in [1.82, 2.24) is 0 Å². The van der Waals surface area contributed by atoms with E-state index in [-0.39, 0.29) is 0 Å². The number of hydrogen-bond donors (Lipinski definition) is 1. The van der Waals surface area contributed by atoms with Crippen molar-refractivity contribution in [3.05, 3.63) is 82.3 Å². The minimum atomic E-state index is 0.600. The summed E-state index contributed by atoms with van der Waals surface area (Å²) in [5.74, 6) is 1.50. The Morgan fingerprint density at radius 2 is 1.83 bits per heavy atom. The van der Waals surface area contributed by atoms with Crippen LogP contribution in [0.1, 0.15) is 22.6 Å². The molecule has 0 saturated heterocycles. The molecule has 0 amide bonds. The topological polar surface area (TPSA) is 25.2 Å². The molecule has 0 aliphatic rings. The van der Waals surface area contributed by atoms with Crippen molar-refractivity contribution in [3.8, 4) is 0 Å². The highest BCUT2D eigenvalue weighted by Crippen LogP contribution is 2.27. The first-order valence-corrected chi connectivity index (χ1v) is 8.06. The minimum absolute atomic E-state index is 0.600. The van der Waals surface area contributed by atoms with Crippen LogP contribution in [0.4, 0.5) is 11.4 Å². The van der Waals surface area contributed by atoms with Crippen molar-refractivity contribution < 1.29 is 4.42 Å². The Kier molecular flexibility index (Phi) is 4.51. The van der Waals surface area contributed by atoms with Crippen LogP contribution in [0.2, 0.25) is 5.02 Å². The second-order valence-corrected chi connectivity index (χ2v) is 6.19. The zero-order valence-corrected chi connectivity index (χ0v) is 14.5. The third kappa shape index (κ3) is 3.46. The molecule has 1 N–H and O–H groups in total. The van der Waals surface area contributed by atoms with Crippen molar-refractivity contribution in [2.75, 3.05) is 5.32 Å². The number of nitrogens with one attached hydrogen (secondary N) is 1. The van der Waals surface area contributed by atoms with Gasteiger partial charge >= 0.3 is 0 Å². The molecule has 2 aromatic carbocycles. The third-order valence-corrected chi connectivity index (χ3v) is 4.34. The Hall–Kier alpha value is -2.10. The molecule has 0 aliphatic carbocycles. The third-order valence-electron chi connectivity index (χ3n) is 3.60. The molecule has 0 fully saturated rings. The number of rotatable bonds is 4. The molecule has 1 heterocycles. The van der Waals surface area contributed by atoms with E-state index in [1.54, 1.807) is 0 Å². The molecule has 0 aliphatic heterocycles. The molecule has 3 rings (SSSR count). The normalized spacial score (nSPS) is 10.6. The number of anilines is 2. The molecule has 0 spiro atoms. The average molecular weight is 342 g/mol. The maximum Gasteiger partial charge on any atom is 0.145 e. The van der Waals surface area contributed by atoms with E-state index in [0.29, 0.717) is 15.6 Å². The summed E-state index contributed by atoms with van der Waals surface area (Å²) in [7, 11) is 0. The minimum Gasteiger partial charge on any atom is -0.460 e. The van der Waals surface area contributed by atoms with Gasteiger partial charge in [0.25, 0.3) is 0 Å². The van der Waals surface area contributed by atoms with Gasteiger partial charge in [0.1, 0.15) is 11.5 Å². The quantitative estimate of drug-likeness (QED) is 0.461. The van der Waals surface area contributed by atoms with Gasteiger partial charge in [-0.2, -0.15) is 0 Å². The average Bonchev–Trinajstić information content (AvgIpc) is 2.96. The molecule has 0 unspecified atom stereocenters. The maximum absolute atomic E-state index is 6.42. The van der Waals surface area contributed by atoms with Crippen molar-refractivity contribution in [3.63, 3.8) is 0 Å². The number of hydrogen-bond acceptors (Lipinski definition) is 3. The van der Waals surface area contributed by atoms with Crippen molar-refractivity contribution >= 4 is 40.1 Å². The Bertz CT molecular complexity index is 869. The maximum atomic E-state index is 6.42. The Morgan fingerprint density at radius 1 is 1.04 bits per heavy atom. The summed E-state index contributed by atoms with van der Waals surface area (Å²) in [6.07, 6.45) is 0. The predicted molar refractivity (Wildman–Crippen MR) is 100 cm³/mol. The second kappa shape index (κ2) is 6.57. The summed E-state index contributed by atoms with van der Waals surface area (Å²) in [4.78, 5) is 0.616. The molecule has 23 heavy (non-hydrogen) atoms. The number of furan rings is 1. The van der Waals surface area contributed by atoms with Crippen LogP contribution < -0.4 is 5.32 Å². The highest BCUT2D eigenvalue weighted by Gasteiger charge is 2.13. The molecule has 2 nitrogen and oxygen atoms in total. The van der Waals surface area contributed by atoms with Gasteiger partial charge in [0.2, 0.25) is 0 Å². The van der Waals surface area contributed by atoms with E-state index in [1.807, 2.05) is 55.5 Å². The summed E-state index contributed by atoms with van der Waals surface area (Å²) in [5, 5.41) is 3.97.